The van der Waals surface area contributed by atoms with Crippen molar-refractivity contribution in [3.63, 3.8) is 0 Å². The Bertz CT molecular complexity index is 1340. The molecule has 184 valence electrons. The van der Waals surface area contributed by atoms with E-state index in [4.69, 9.17) is 0 Å². The summed E-state index contributed by atoms with van der Waals surface area (Å²) >= 11 is 3.40. The highest BCUT2D eigenvalue weighted by Gasteiger charge is 2.21. The van der Waals surface area contributed by atoms with Crippen molar-refractivity contribution in [2.75, 3.05) is 18.4 Å². The standard InChI is InChI=1S/C28H26BrFN4O2/c1-2-3-16-33(28(36)21-10-7-11-22(29)17-21)19-27(35)31-26-18-25(20-8-5-4-6-9-20)32-34(26)24-14-12-23(30)13-15-24/h4-15,17-18H,2-3,16,19H2,1H3,(H,31,35). The third-order valence-corrected chi connectivity index (χ3v) is 6.09. The maximum absolute atomic E-state index is 13.5. The lowest BCUT2D eigenvalue weighted by Gasteiger charge is -2.22. The average molecular weight is 549 g/mol. The number of carbonyl (C=O) groups is 2. The molecule has 3 aromatic carbocycles. The van der Waals surface area contributed by atoms with Gasteiger partial charge in [0.15, 0.2) is 0 Å². The highest BCUT2D eigenvalue weighted by molar-refractivity contribution is 9.10. The highest BCUT2D eigenvalue weighted by Crippen LogP contribution is 2.25. The smallest absolute Gasteiger partial charge is 0.254 e. The Morgan fingerprint density at radius 1 is 1.00 bits per heavy atom. The van der Waals surface area contributed by atoms with Gasteiger partial charge in [-0.2, -0.15) is 5.10 Å². The molecule has 0 saturated heterocycles. The molecule has 8 heteroatoms. The minimum absolute atomic E-state index is 0.111. The lowest BCUT2D eigenvalue weighted by Crippen LogP contribution is -2.39. The Morgan fingerprint density at radius 3 is 2.44 bits per heavy atom. The Hall–Kier alpha value is -3.78. The van der Waals surface area contributed by atoms with Gasteiger partial charge in [-0.15, -0.1) is 0 Å². The Morgan fingerprint density at radius 2 is 1.75 bits per heavy atom. The van der Waals surface area contributed by atoms with Gasteiger partial charge in [0.1, 0.15) is 18.2 Å². The van der Waals surface area contributed by atoms with Crippen LogP contribution < -0.4 is 5.32 Å². The second kappa shape index (κ2) is 11.8. The third-order valence-electron chi connectivity index (χ3n) is 5.59. The molecular weight excluding hydrogens is 523 g/mol. The number of anilines is 1. The number of aromatic nitrogens is 2. The molecule has 0 bridgehead atoms. The summed E-state index contributed by atoms with van der Waals surface area (Å²) in [5, 5.41) is 7.55. The molecule has 0 fully saturated rings. The Balaban J connectivity index is 1.60. The van der Waals surface area contributed by atoms with Crippen LogP contribution in [0.15, 0.2) is 89.4 Å². The van der Waals surface area contributed by atoms with Gasteiger partial charge in [-0.05, 0) is 48.9 Å². The zero-order valence-electron chi connectivity index (χ0n) is 19.8. The average Bonchev–Trinajstić information content (AvgIpc) is 3.30. The van der Waals surface area contributed by atoms with Crippen LogP contribution in [0.25, 0.3) is 16.9 Å². The molecule has 0 aliphatic heterocycles. The molecule has 36 heavy (non-hydrogen) atoms. The van der Waals surface area contributed by atoms with Gasteiger partial charge in [-0.1, -0.05) is 65.7 Å². The van der Waals surface area contributed by atoms with E-state index in [0.717, 1.165) is 22.9 Å². The van der Waals surface area contributed by atoms with Crippen molar-refractivity contribution < 1.29 is 14.0 Å². The van der Waals surface area contributed by atoms with Crippen LogP contribution in [0.1, 0.15) is 30.1 Å². The number of carbonyl (C=O) groups excluding carboxylic acids is 2. The molecular formula is C28H26BrFN4O2. The van der Waals surface area contributed by atoms with Gasteiger partial charge in [0.25, 0.3) is 5.91 Å². The number of halogens is 2. The van der Waals surface area contributed by atoms with Crippen molar-refractivity contribution >= 4 is 33.6 Å². The SMILES string of the molecule is CCCCN(CC(=O)Nc1cc(-c2ccccc2)nn1-c1ccc(F)cc1)C(=O)c1cccc(Br)c1. The fourth-order valence-electron chi connectivity index (χ4n) is 3.76. The molecule has 0 aliphatic rings. The van der Waals surface area contributed by atoms with Gasteiger partial charge in [0.2, 0.25) is 5.91 Å². The highest BCUT2D eigenvalue weighted by atomic mass is 79.9. The van der Waals surface area contributed by atoms with Crippen LogP contribution >= 0.6 is 15.9 Å². The van der Waals surface area contributed by atoms with E-state index in [9.17, 15) is 14.0 Å². The fraction of sp³-hybridized carbons (Fsp3) is 0.179. The minimum atomic E-state index is -0.364. The summed E-state index contributed by atoms with van der Waals surface area (Å²) in [6.45, 7) is 2.39. The molecule has 0 spiro atoms. The zero-order valence-corrected chi connectivity index (χ0v) is 21.4. The van der Waals surface area contributed by atoms with Crippen LogP contribution in [0.2, 0.25) is 0 Å². The maximum Gasteiger partial charge on any atom is 0.254 e. The van der Waals surface area contributed by atoms with E-state index in [-0.39, 0.29) is 24.2 Å². The van der Waals surface area contributed by atoms with Gasteiger partial charge in [-0.3, -0.25) is 9.59 Å². The van der Waals surface area contributed by atoms with Crippen LogP contribution in [0.5, 0.6) is 0 Å². The largest absolute Gasteiger partial charge is 0.329 e. The second-order valence-electron chi connectivity index (χ2n) is 8.31. The predicted octanol–water partition coefficient (Wildman–Crippen LogP) is 6.32. The van der Waals surface area contributed by atoms with Crippen molar-refractivity contribution in [2.45, 2.75) is 19.8 Å². The van der Waals surface area contributed by atoms with E-state index in [0.29, 0.717) is 29.3 Å². The summed E-state index contributed by atoms with van der Waals surface area (Å²) in [7, 11) is 0. The molecule has 0 aliphatic carbocycles. The molecule has 0 saturated carbocycles. The molecule has 1 heterocycles. The maximum atomic E-state index is 13.5. The molecule has 1 N–H and O–H groups in total. The number of unbranched alkanes of at least 4 members (excludes halogenated alkanes) is 1. The number of nitrogens with zero attached hydrogens (tertiary/aromatic N) is 3. The van der Waals surface area contributed by atoms with E-state index in [1.807, 2.05) is 43.3 Å². The van der Waals surface area contributed by atoms with E-state index < -0.39 is 0 Å². The predicted molar refractivity (Wildman–Crippen MR) is 143 cm³/mol. The van der Waals surface area contributed by atoms with Crippen LogP contribution in [0.4, 0.5) is 10.2 Å². The minimum Gasteiger partial charge on any atom is -0.329 e. The van der Waals surface area contributed by atoms with E-state index in [1.165, 1.54) is 12.1 Å². The van der Waals surface area contributed by atoms with Crippen LogP contribution in [-0.2, 0) is 4.79 Å². The number of nitrogens with one attached hydrogen (secondary N) is 1. The first kappa shape index (κ1) is 25.3. The summed E-state index contributed by atoms with van der Waals surface area (Å²) in [6, 6.07) is 24.3. The number of rotatable bonds is 9. The Labute approximate surface area is 217 Å². The summed E-state index contributed by atoms with van der Waals surface area (Å²) in [6.07, 6.45) is 1.67. The lowest BCUT2D eigenvalue weighted by molar-refractivity contribution is -0.116. The summed E-state index contributed by atoms with van der Waals surface area (Å²) in [5.41, 5.74) is 2.64. The molecule has 0 radical (unpaired) electrons. The van der Waals surface area contributed by atoms with Gasteiger partial charge < -0.3 is 10.2 Å². The van der Waals surface area contributed by atoms with Gasteiger partial charge in [0, 0.05) is 28.2 Å². The first-order valence-corrected chi connectivity index (χ1v) is 12.5. The first-order valence-electron chi connectivity index (χ1n) is 11.7. The summed E-state index contributed by atoms with van der Waals surface area (Å²) in [5.74, 6) is -0.498. The van der Waals surface area contributed by atoms with Gasteiger partial charge >= 0.3 is 0 Å². The normalized spacial score (nSPS) is 10.8. The number of hydrogen-bond donors (Lipinski definition) is 1. The first-order chi connectivity index (χ1) is 17.4. The molecule has 6 nitrogen and oxygen atoms in total. The lowest BCUT2D eigenvalue weighted by atomic mass is 10.1. The van der Waals surface area contributed by atoms with Gasteiger partial charge in [0.05, 0.1) is 11.4 Å². The van der Waals surface area contributed by atoms with Crippen molar-refractivity contribution in [1.82, 2.24) is 14.7 Å². The van der Waals surface area contributed by atoms with Crippen molar-refractivity contribution in [2.24, 2.45) is 0 Å². The van der Waals surface area contributed by atoms with E-state index >= 15 is 0 Å². The molecule has 4 rings (SSSR count). The van der Waals surface area contributed by atoms with Crippen LogP contribution in [0, 0.1) is 5.82 Å². The molecule has 0 atom stereocenters. The fourth-order valence-corrected chi connectivity index (χ4v) is 4.16. The molecule has 0 unspecified atom stereocenters. The molecule has 1 aromatic heterocycles. The Kier molecular flexibility index (Phi) is 8.28. The van der Waals surface area contributed by atoms with Crippen molar-refractivity contribution in [3.8, 4) is 16.9 Å². The van der Waals surface area contributed by atoms with Crippen LogP contribution in [0.3, 0.4) is 0 Å². The summed E-state index contributed by atoms with van der Waals surface area (Å²) < 4.78 is 15.9. The third kappa shape index (κ3) is 6.26. The molecule has 4 aromatic rings. The zero-order chi connectivity index (χ0) is 25.5. The summed E-state index contributed by atoms with van der Waals surface area (Å²) in [4.78, 5) is 27.9. The second-order valence-corrected chi connectivity index (χ2v) is 9.22. The number of benzene rings is 3. The quantitative estimate of drug-likeness (QED) is 0.266. The topological polar surface area (TPSA) is 67.2 Å². The van der Waals surface area contributed by atoms with E-state index in [1.54, 1.807) is 46.0 Å². The van der Waals surface area contributed by atoms with Crippen LogP contribution in [-0.4, -0.2) is 39.6 Å². The van der Waals surface area contributed by atoms with Crippen molar-refractivity contribution in [3.05, 3.63) is 101 Å². The monoisotopic (exact) mass is 548 g/mol. The van der Waals surface area contributed by atoms with E-state index in [2.05, 4.69) is 26.3 Å². The van der Waals surface area contributed by atoms with Crippen molar-refractivity contribution in [1.29, 1.82) is 0 Å². The number of amides is 2. The van der Waals surface area contributed by atoms with Gasteiger partial charge in [-0.25, -0.2) is 9.07 Å². The molecule has 2 amide bonds. The number of hydrogen-bond acceptors (Lipinski definition) is 3.